The van der Waals surface area contributed by atoms with Gasteiger partial charge in [-0.05, 0) is 36.9 Å². The number of nitrogens with zero attached hydrogens (tertiary/aromatic N) is 1. The van der Waals surface area contributed by atoms with Gasteiger partial charge >= 0.3 is 0 Å². The molecule has 0 amide bonds. The second-order valence-corrected chi connectivity index (χ2v) is 5.18. The SMILES string of the molecule is CCN(Cc1ccccc1N)CC1CCCC1. The second kappa shape index (κ2) is 6.06. The number of anilines is 1. The Labute approximate surface area is 105 Å². The van der Waals surface area contributed by atoms with Gasteiger partial charge in [0.25, 0.3) is 0 Å². The van der Waals surface area contributed by atoms with Gasteiger partial charge in [0, 0.05) is 18.8 Å². The van der Waals surface area contributed by atoms with E-state index in [-0.39, 0.29) is 0 Å². The summed E-state index contributed by atoms with van der Waals surface area (Å²) in [5.74, 6) is 0.917. The molecule has 94 valence electrons. The van der Waals surface area contributed by atoms with Gasteiger partial charge in [0.1, 0.15) is 0 Å². The monoisotopic (exact) mass is 232 g/mol. The third kappa shape index (κ3) is 3.47. The zero-order chi connectivity index (χ0) is 12.1. The van der Waals surface area contributed by atoms with Crippen LogP contribution in [-0.4, -0.2) is 18.0 Å². The van der Waals surface area contributed by atoms with Crippen molar-refractivity contribution in [1.82, 2.24) is 4.90 Å². The van der Waals surface area contributed by atoms with E-state index in [2.05, 4.69) is 24.0 Å². The van der Waals surface area contributed by atoms with Crippen LogP contribution in [0.15, 0.2) is 24.3 Å². The molecule has 0 spiro atoms. The molecule has 0 aromatic heterocycles. The van der Waals surface area contributed by atoms with Crippen LogP contribution in [0.3, 0.4) is 0 Å². The van der Waals surface area contributed by atoms with E-state index in [4.69, 9.17) is 5.73 Å². The average molecular weight is 232 g/mol. The number of para-hydroxylation sites is 1. The van der Waals surface area contributed by atoms with E-state index in [1.807, 2.05) is 12.1 Å². The van der Waals surface area contributed by atoms with Gasteiger partial charge in [0.2, 0.25) is 0 Å². The summed E-state index contributed by atoms with van der Waals surface area (Å²) in [5.41, 5.74) is 8.20. The Balaban J connectivity index is 1.92. The van der Waals surface area contributed by atoms with E-state index >= 15 is 0 Å². The largest absolute Gasteiger partial charge is 0.398 e. The molecular weight excluding hydrogens is 208 g/mol. The summed E-state index contributed by atoms with van der Waals surface area (Å²) >= 11 is 0. The normalized spacial score (nSPS) is 16.8. The van der Waals surface area contributed by atoms with Gasteiger partial charge < -0.3 is 5.73 Å². The first kappa shape index (κ1) is 12.4. The van der Waals surface area contributed by atoms with Gasteiger partial charge in [0.05, 0.1) is 0 Å². The summed E-state index contributed by atoms with van der Waals surface area (Å²) in [6.07, 6.45) is 5.69. The molecule has 0 bridgehead atoms. The molecule has 1 aliphatic rings. The third-order valence-corrected chi connectivity index (χ3v) is 3.89. The highest BCUT2D eigenvalue weighted by Gasteiger charge is 2.18. The molecule has 2 heteroatoms. The third-order valence-electron chi connectivity index (χ3n) is 3.89. The lowest BCUT2D eigenvalue weighted by Crippen LogP contribution is -2.28. The maximum Gasteiger partial charge on any atom is 0.0359 e. The Morgan fingerprint density at radius 2 is 1.94 bits per heavy atom. The molecule has 0 radical (unpaired) electrons. The fourth-order valence-electron chi connectivity index (χ4n) is 2.78. The van der Waals surface area contributed by atoms with Gasteiger partial charge in [-0.3, -0.25) is 4.90 Å². The van der Waals surface area contributed by atoms with E-state index < -0.39 is 0 Å². The van der Waals surface area contributed by atoms with Crippen molar-refractivity contribution in [3.05, 3.63) is 29.8 Å². The number of rotatable bonds is 5. The summed E-state index contributed by atoms with van der Waals surface area (Å²) in [5, 5.41) is 0. The molecule has 0 aliphatic heterocycles. The van der Waals surface area contributed by atoms with E-state index in [1.165, 1.54) is 37.8 Å². The molecule has 1 fully saturated rings. The number of benzene rings is 1. The Bertz CT molecular complexity index is 343. The molecule has 0 unspecified atom stereocenters. The maximum absolute atomic E-state index is 6.01. The van der Waals surface area contributed by atoms with Gasteiger partial charge in [-0.25, -0.2) is 0 Å². The highest BCUT2D eigenvalue weighted by Crippen LogP contribution is 2.26. The van der Waals surface area contributed by atoms with Crippen molar-refractivity contribution < 1.29 is 0 Å². The summed E-state index contributed by atoms with van der Waals surface area (Å²) < 4.78 is 0. The molecule has 1 aromatic rings. The second-order valence-electron chi connectivity index (χ2n) is 5.18. The van der Waals surface area contributed by atoms with Crippen LogP contribution in [0.4, 0.5) is 5.69 Å². The highest BCUT2D eigenvalue weighted by atomic mass is 15.1. The molecule has 1 aromatic carbocycles. The molecule has 17 heavy (non-hydrogen) atoms. The van der Waals surface area contributed by atoms with Crippen LogP contribution in [0, 0.1) is 5.92 Å². The summed E-state index contributed by atoms with van der Waals surface area (Å²) in [6, 6.07) is 8.23. The van der Waals surface area contributed by atoms with Gasteiger partial charge in [0.15, 0.2) is 0 Å². The minimum absolute atomic E-state index is 0.917. The van der Waals surface area contributed by atoms with Crippen molar-refractivity contribution in [2.45, 2.75) is 39.2 Å². The van der Waals surface area contributed by atoms with Crippen LogP contribution in [0.1, 0.15) is 38.2 Å². The smallest absolute Gasteiger partial charge is 0.0359 e. The van der Waals surface area contributed by atoms with Gasteiger partial charge in [-0.2, -0.15) is 0 Å². The fraction of sp³-hybridized carbons (Fsp3) is 0.600. The lowest BCUT2D eigenvalue weighted by Gasteiger charge is -2.24. The minimum Gasteiger partial charge on any atom is -0.398 e. The topological polar surface area (TPSA) is 29.3 Å². The lowest BCUT2D eigenvalue weighted by atomic mass is 10.1. The van der Waals surface area contributed by atoms with Crippen LogP contribution < -0.4 is 5.73 Å². The Morgan fingerprint density at radius 3 is 2.59 bits per heavy atom. The first-order chi connectivity index (χ1) is 8.29. The molecule has 2 nitrogen and oxygen atoms in total. The summed E-state index contributed by atoms with van der Waals surface area (Å²) in [7, 11) is 0. The predicted octanol–water partition coefficient (Wildman–Crippen LogP) is 3.28. The van der Waals surface area contributed by atoms with E-state index in [9.17, 15) is 0 Å². The van der Waals surface area contributed by atoms with Crippen molar-refractivity contribution in [1.29, 1.82) is 0 Å². The Kier molecular flexibility index (Phi) is 4.43. The van der Waals surface area contributed by atoms with Crippen LogP contribution in [-0.2, 0) is 6.54 Å². The molecular formula is C15H24N2. The van der Waals surface area contributed by atoms with E-state index in [0.717, 1.165) is 24.7 Å². The van der Waals surface area contributed by atoms with Crippen LogP contribution in [0.25, 0.3) is 0 Å². The van der Waals surface area contributed by atoms with Crippen LogP contribution in [0.5, 0.6) is 0 Å². The highest BCUT2D eigenvalue weighted by molar-refractivity contribution is 5.46. The number of hydrogen-bond donors (Lipinski definition) is 1. The van der Waals surface area contributed by atoms with Crippen LogP contribution >= 0.6 is 0 Å². The number of nitrogens with two attached hydrogens (primary N) is 1. The first-order valence-electron chi connectivity index (χ1n) is 6.85. The number of hydrogen-bond acceptors (Lipinski definition) is 2. The predicted molar refractivity (Wildman–Crippen MR) is 73.8 cm³/mol. The number of nitrogen functional groups attached to an aromatic ring is 1. The molecule has 0 atom stereocenters. The van der Waals surface area contributed by atoms with Crippen molar-refractivity contribution in [3.8, 4) is 0 Å². The van der Waals surface area contributed by atoms with E-state index in [0.29, 0.717) is 0 Å². The summed E-state index contributed by atoms with van der Waals surface area (Å²) in [4.78, 5) is 2.53. The van der Waals surface area contributed by atoms with Crippen molar-refractivity contribution >= 4 is 5.69 Å². The summed E-state index contributed by atoms with van der Waals surface area (Å²) in [6.45, 7) is 5.60. The molecule has 0 saturated heterocycles. The Hall–Kier alpha value is -1.02. The van der Waals surface area contributed by atoms with Crippen molar-refractivity contribution in [2.75, 3.05) is 18.8 Å². The first-order valence-corrected chi connectivity index (χ1v) is 6.85. The average Bonchev–Trinajstić information content (AvgIpc) is 2.84. The zero-order valence-electron chi connectivity index (χ0n) is 10.9. The van der Waals surface area contributed by atoms with Crippen molar-refractivity contribution in [3.63, 3.8) is 0 Å². The van der Waals surface area contributed by atoms with Gasteiger partial charge in [-0.1, -0.05) is 38.0 Å². The van der Waals surface area contributed by atoms with Crippen molar-refractivity contribution in [2.24, 2.45) is 5.92 Å². The fourth-order valence-corrected chi connectivity index (χ4v) is 2.78. The zero-order valence-corrected chi connectivity index (χ0v) is 10.9. The quantitative estimate of drug-likeness (QED) is 0.789. The minimum atomic E-state index is 0.917. The standard InChI is InChI=1S/C15H24N2/c1-2-17(11-13-7-3-4-8-13)12-14-9-5-6-10-15(14)16/h5-6,9-10,13H,2-4,7-8,11-12,16H2,1H3. The molecule has 0 heterocycles. The maximum atomic E-state index is 6.01. The molecule has 2 N–H and O–H groups in total. The van der Waals surface area contributed by atoms with E-state index in [1.54, 1.807) is 0 Å². The lowest BCUT2D eigenvalue weighted by molar-refractivity contribution is 0.235. The molecule has 2 rings (SSSR count). The molecule has 1 saturated carbocycles. The Morgan fingerprint density at radius 1 is 1.24 bits per heavy atom. The van der Waals surface area contributed by atoms with Gasteiger partial charge in [-0.15, -0.1) is 0 Å². The molecule has 1 aliphatic carbocycles. The van der Waals surface area contributed by atoms with Crippen LogP contribution in [0.2, 0.25) is 0 Å².